The second-order valence-electron chi connectivity index (χ2n) is 4.97. The fourth-order valence-electron chi connectivity index (χ4n) is 2.22. The number of hydrogen-bond donors (Lipinski definition) is 2. The van der Waals surface area contributed by atoms with Crippen molar-refractivity contribution >= 4 is 46.0 Å². The Labute approximate surface area is 141 Å². The van der Waals surface area contributed by atoms with Crippen LogP contribution in [0.5, 0.6) is 0 Å². The number of H-pyrrole nitrogens is 1. The average molecular weight is 351 g/mol. The number of hydrogen-bond acceptors (Lipinski definition) is 2. The molecule has 0 aliphatic heterocycles. The minimum Gasteiger partial charge on any atom is -0.324 e. The topological polar surface area (TPSA) is 48.8 Å². The van der Waals surface area contributed by atoms with E-state index in [1.807, 2.05) is 35.9 Å². The van der Waals surface area contributed by atoms with Gasteiger partial charge >= 0.3 is 5.16 Å². The lowest BCUT2D eigenvalue weighted by Gasteiger charge is -2.06. The minimum absolute atomic E-state index is 0.180. The van der Waals surface area contributed by atoms with Crippen LogP contribution in [0.3, 0.4) is 0 Å². The van der Waals surface area contributed by atoms with Gasteiger partial charge in [0.2, 0.25) is 5.91 Å². The monoisotopic (exact) mass is 350 g/mol. The van der Waals surface area contributed by atoms with Gasteiger partial charge in [0.05, 0.1) is 23.5 Å². The van der Waals surface area contributed by atoms with Gasteiger partial charge in [0.15, 0.2) is 11.0 Å². The third-order valence-electron chi connectivity index (χ3n) is 3.36. The van der Waals surface area contributed by atoms with E-state index in [0.29, 0.717) is 5.69 Å². The summed E-state index contributed by atoms with van der Waals surface area (Å²) in [6, 6.07) is 11.8. The number of anilines is 1. The SMILES string of the molecule is C[n+]1c(SCC(=O)Nc2ccc(F)cc2Cl)[nH]c2ccccc21. The smallest absolute Gasteiger partial charge is 0.317 e. The second-order valence-corrected chi connectivity index (χ2v) is 6.34. The number of fused-ring (bicyclic) bond motifs is 1. The quantitative estimate of drug-likeness (QED) is 0.558. The number of nitrogens with one attached hydrogen (secondary N) is 2. The van der Waals surface area contributed by atoms with Crippen molar-refractivity contribution in [3.05, 3.63) is 53.3 Å². The van der Waals surface area contributed by atoms with E-state index in [2.05, 4.69) is 10.3 Å². The summed E-state index contributed by atoms with van der Waals surface area (Å²) in [5.41, 5.74) is 2.48. The number of aromatic nitrogens is 2. The second kappa shape index (κ2) is 6.60. The molecular formula is C16H14ClFN3OS+. The third kappa shape index (κ3) is 3.48. The van der Waals surface area contributed by atoms with E-state index in [1.165, 1.54) is 30.0 Å². The zero-order valence-electron chi connectivity index (χ0n) is 12.3. The number of rotatable bonds is 4. The van der Waals surface area contributed by atoms with Gasteiger partial charge < -0.3 is 5.32 Å². The summed E-state index contributed by atoms with van der Waals surface area (Å²) in [4.78, 5) is 15.3. The molecule has 0 bridgehead atoms. The Bertz CT molecular complexity index is 881. The van der Waals surface area contributed by atoms with Gasteiger partial charge in [-0.25, -0.2) is 13.9 Å². The van der Waals surface area contributed by atoms with Crippen LogP contribution >= 0.6 is 23.4 Å². The number of carbonyl (C=O) groups excluding carboxylic acids is 1. The van der Waals surface area contributed by atoms with Crippen molar-refractivity contribution in [1.29, 1.82) is 0 Å². The number of aryl methyl sites for hydroxylation is 1. The number of aromatic amines is 1. The van der Waals surface area contributed by atoms with Gasteiger partial charge in [0.1, 0.15) is 5.82 Å². The predicted octanol–water partition coefficient (Wildman–Crippen LogP) is 3.52. The van der Waals surface area contributed by atoms with Crippen LogP contribution in [0.15, 0.2) is 47.6 Å². The Kier molecular flexibility index (Phi) is 4.54. The van der Waals surface area contributed by atoms with Crippen LogP contribution in [-0.2, 0) is 11.8 Å². The molecule has 0 saturated heterocycles. The number of imidazole rings is 1. The highest BCUT2D eigenvalue weighted by atomic mass is 35.5. The van der Waals surface area contributed by atoms with E-state index in [0.717, 1.165) is 16.2 Å². The van der Waals surface area contributed by atoms with E-state index >= 15 is 0 Å². The van der Waals surface area contributed by atoms with Crippen molar-refractivity contribution in [2.24, 2.45) is 7.05 Å². The van der Waals surface area contributed by atoms with Gasteiger partial charge in [-0.2, -0.15) is 0 Å². The van der Waals surface area contributed by atoms with Crippen LogP contribution < -0.4 is 9.88 Å². The molecule has 1 aromatic heterocycles. The van der Waals surface area contributed by atoms with Crippen molar-refractivity contribution in [2.45, 2.75) is 5.16 Å². The van der Waals surface area contributed by atoms with Crippen molar-refractivity contribution in [2.75, 3.05) is 11.1 Å². The normalized spacial score (nSPS) is 10.9. The Morgan fingerprint density at radius 3 is 2.87 bits per heavy atom. The largest absolute Gasteiger partial charge is 0.324 e. The highest BCUT2D eigenvalue weighted by Crippen LogP contribution is 2.23. The Balaban J connectivity index is 1.67. The molecule has 0 aliphatic carbocycles. The van der Waals surface area contributed by atoms with E-state index in [-0.39, 0.29) is 16.7 Å². The van der Waals surface area contributed by atoms with E-state index in [4.69, 9.17) is 11.6 Å². The highest BCUT2D eigenvalue weighted by Gasteiger charge is 2.17. The summed E-state index contributed by atoms with van der Waals surface area (Å²) in [7, 11) is 1.94. The summed E-state index contributed by atoms with van der Waals surface area (Å²) < 4.78 is 15.0. The molecule has 23 heavy (non-hydrogen) atoms. The summed E-state index contributed by atoms with van der Waals surface area (Å²) in [5, 5.41) is 3.74. The molecule has 2 N–H and O–H groups in total. The molecule has 0 aliphatic rings. The molecule has 0 radical (unpaired) electrons. The van der Waals surface area contributed by atoms with Crippen molar-refractivity contribution in [3.8, 4) is 0 Å². The molecule has 4 nitrogen and oxygen atoms in total. The summed E-state index contributed by atoms with van der Waals surface area (Å²) in [5.74, 6) is -0.427. The van der Waals surface area contributed by atoms with Crippen LogP contribution in [0.2, 0.25) is 5.02 Å². The highest BCUT2D eigenvalue weighted by molar-refractivity contribution is 7.99. The lowest BCUT2D eigenvalue weighted by atomic mass is 10.3. The van der Waals surface area contributed by atoms with Gasteiger partial charge in [-0.05, 0) is 42.1 Å². The fourth-order valence-corrected chi connectivity index (χ4v) is 3.25. The molecule has 3 aromatic rings. The zero-order chi connectivity index (χ0) is 16.4. The standard InChI is InChI=1S/C16H13ClFN3OS/c1-21-14-5-3-2-4-13(14)20-16(21)23-9-15(22)19-12-7-6-10(18)8-11(12)17/h2-8H,9H2,1H3,(H,19,22)/p+1. The first-order valence-corrected chi connectivity index (χ1v) is 8.25. The van der Waals surface area contributed by atoms with Gasteiger partial charge in [-0.3, -0.25) is 4.79 Å². The Morgan fingerprint density at radius 1 is 1.35 bits per heavy atom. The predicted molar refractivity (Wildman–Crippen MR) is 90.2 cm³/mol. The van der Waals surface area contributed by atoms with Crippen LogP contribution in [-0.4, -0.2) is 16.6 Å². The summed E-state index contributed by atoms with van der Waals surface area (Å²) >= 11 is 7.28. The summed E-state index contributed by atoms with van der Waals surface area (Å²) in [6.45, 7) is 0. The third-order valence-corrected chi connectivity index (χ3v) is 4.73. The van der Waals surface area contributed by atoms with Crippen LogP contribution in [0, 0.1) is 5.82 Å². The maximum atomic E-state index is 13.0. The van der Waals surface area contributed by atoms with Gasteiger partial charge in [0, 0.05) is 0 Å². The lowest BCUT2D eigenvalue weighted by Crippen LogP contribution is -2.29. The van der Waals surface area contributed by atoms with E-state index in [1.54, 1.807) is 0 Å². The molecule has 0 spiro atoms. The van der Waals surface area contributed by atoms with Gasteiger partial charge in [-0.15, -0.1) is 0 Å². The van der Waals surface area contributed by atoms with Crippen molar-refractivity contribution in [1.82, 2.24) is 4.98 Å². The van der Waals surface area contributed by atoms with Crippen LogP contribution in [0.25, 0.3) is 11.0 Å². The van der Waals surface area contributed by atoms with Crippen molar-refractivity contribution in [3.63, 3.8) is 0 Å². The average Bonchev–Trinajstić information content (AvgIpc) is 2.85. The van der Waals surface area contributed by atoms with Crippen LogP contribution in [0.4, 0.5) is 10.1 Å². The number of amides is 1. The van der Waals surface area contributed by atoms with Gasteiger partial charge in [0.25, 0.3) is 0 Å². The van der Waals surface area contributed by atoms with E-state index in [9.17, 15) is 9.18 Å². The summed E-state index contributed by atoms with van der Waals surface area (Å²) in [6.07, 6.45) is 0. The zero-order valence-corrected chi connectivity index (χ0v) is 13.8. The molecule has 0 saturated carbocycles. The number of halogens is 2. The molecule has 3 rings (SSSR count). The number of nitrogens with zero attached hydrogens (tertiary/aromatic N) is 1. The van der Waals surface area contributed by atoms with Crippen LogP contribution in [0.1, 0.15) is 0 Å². The fraction of sp³-hybridized carbons (Fsp3) is 0.125. The molecule has 0 fully saturated rings. The first-order chi connectivity index (χ1) is 11.0. The molecule has 1 heterocycles. The number of carbonyl (C=O) groups is 1. The molecular weight excluding hydrogens is 337 g/mol. The number of thioether (sulfide) groups is 1. The first kappa shape index (κ1) is 15.8. The molecule has 1 amide bonds. The van der Waals surface area contributed by atoms with Gasteiger partial charge in [-0.1, -0.05) is 23.7 Å². The van der Waals surface area contributed by atoms with E-state index < -0.39 is 5.82 Å². The lowest BCUT2D eigenvalue weighted by molar-refractivity contribution is -0.683. The Morgan fingerprint density at radius 2 is 2.13 bits per heavy atom. The molecule has 0 atom stereocenters. The minimum atomic E-state index is -0.438. The Hall–Kier alpha value is -2.05. The number of benzene rings is 2. The molecule has 0 unspecified atom stereocenters. The maximum absolute atomic E-state index is 13.0. The molecule has 118 valence electrons. The molecule has 2 aromatic carbocycles. The first-order valence-electron chi connectivity index (χ1n) is 6.89. The molecule has 7 heteroatoms. The van der Waals surface area contributed by atoms with Crippen molar-refractivity contribution < 1.29 is 13.8 Å². The maximum Gasteiger partial charge on any atom is 0.317 e. The number of para-hydroxylation sites is 2.